The van der Waals surface area contributed by atoms with Crippen molar-refractivity contribution >= 4 is 11.6 Å². The molecule has 0 N–H and O–H groups in total. The van der Waals surface area contributed by atoms with Crippen molar-refractivity contribution < 1.29 is 22.7 Å². The zero-order valence-electron chi connectivity index (χ0n) is 13.7. The fourth-order valence-corrected chi connectivity index (χ4v) is 3.29. The number of methoxy groups -OCH3 is 1. The SMILES string of the molecule is C=C[C@@H](C1CCCCC1)N(C(=O)C(F)(F)F)c1ccc(OC)cc1. The molecule has 1 atom stereocenters. The van der Waals surface area contributed by atoms with Crippen molar-refractivity contribution in [3.63, 3.8) is 0 Å². The summed E-state index contributed by atoms with van der Waals surface area (Å²) in [7, 11) is 1.47. The van der Waals surface area contributed by atoms with Crippen molar-refractivity contribution in [3.05, 3.63) is 36.9 Å². The first kappa shape index (κ1) is 18.4. The van der Waals surface area contributed by atoms with Gasteiger partial charge in [0.1, 0.15) is 5.75 Å². The fraction of sp³-hybridized carbons (Fsp3) is 0.500. The van der Waals surface area contributed by atoms with E-state index in [2.05, 4.69) is 6.58 Å². The van der Waals surface area contributed by atoms with Gasteiger partial charge in [-0.25, -0.2) is 0 Å². The second kappa shape index (κ2) is 7.73. The van der Waals surface area contributed by atoms with Gasteiger partial charge in [0, 0.05) is 5.69 Å². The number of amides is 1. The molecule has 1 fully saturated rings. The maximum atomic E-state index is 13.1. The number of rotatable bonds is 5. The average molecular weight is 341 g/mol. The van der Waals surface area contributed by atoms with Gasteiger partial charge in [-0.2, -0.15) is 13.2 Å². The summed E-state index contributed by atoms with van der Waals surface area (Å²) in [5.41, 5.74) is 0.202. The lowest BCUT2D eigenvalue weighted by molar-refractivity contribution is -0.171. The summed E-state index contributed by atoms with van der Waals surface area (Å²) in [5.74, 6) is -1.35. The Hall–Kier alpha value is -1.98. The van der Waals surface area contributed by atoms with Crippen LogP contribution >= 0.6 is 0 Å². The van der Waals surface area contributed by atoms with Crippen LogP contribution in [0.4, 0.5) is 18.9 Å². The lowest BCUT2D eigenvalue weighted by Gasteiger charge is -2.37. The molecule has 0 heterocycles. The molecule has 132 valence electrons. The predicted octanol–water partition coefficient (Wildman–Crippen LogP) is 4.73. The van der Waals surface area contributed by atoms with Crippen LogP contribution in [-0.2, 0) is 4.79 Å². The zero-order chi connectivity index (χ0) is 17.7. The molecule has 0 saturated heterocycles. The quantitative estimate of drug-likeness (QED) is 0.725. The van der Waals surface area contributed by atoms with Crippen molar-refractivity contribution in [1.29, 1.82) is 0 Å². The van der Waals surface area contributed by atoms with Crippen LogP contribution in [0.3, 0.4) is 0 Å². The molecular weight excluding hydrogens is 319 g/mol. The first-order valence-electron chi connectivity index (χ1n) is 8.05. The third kappa shape index (κ3) is 4.10. The van der Waals surface area contributed by atoms with Gasteiger partial charge in [-0.05, 0) is 43.0 Å². The van der Waals surface area contributed by atoms with E-state index in [-0.39, 0.29) is 11.6 Å². The fourth-order valence-electron chi connectivity index (χ4n) is 3.29. The molecule has 0 unspecified atom stereocenters. The van der Waals surface area contributed by atoms with Crippen LogP contribution in [-0.4, -0.2) is 25.2 Å². The second-order valence-corrected chi connectivity index (χ2v) is 6.00. The van der Waals surface area contributed by atoms with Gasteiger partial charge in [0.05, 0.1) is 13.2 Å². The Labute approximate surface area is 140 Å². The highest BCUT2D eigenvalue weighted by Gasteiger charge is 2.46. The van der Waals surface area contributed by atoms with Crippen LogP contribution in [0.2, 0.25) is 0 Å². The number of hydrogen-bond donors (Lipinski definition) is 0. The second-order valence-electron chi connectivity index (χ2n) is 6.00. The first-order valence-corrected chi connectivity index (χ1v) is 8.05. The molecule has 1 aliphatic rings. The molecule has 1 saturated carbocycles. The highest BCUT2D eigenvalue weighted by atomic mass is 19.4. The Balaban J connectivity index is 2.39. The molecule has 0 aliphatic heterocycles. The van der Waals surface area contributed by atoms with Crippen LogP contribution in [0, 0.1) is 5.92 Å². The molecule has 0 radical (unpaired) electrons. The molecule has 24 heavy (non-hydrogen) atoms. The summed E-state index contributed by atoms with van der Waals surface area (Å²) >= 11 is 0. The Kier molecular flexibility index (Phi) is 5.91. The number of anilines is 1. The molecule has 1 aromatic carbocycles. The number of ether oxygens (including phenoxy) is 1. The van der Waals surface area contributed by atoms with Crippen LogP contribution in [0.5, 0.6) is 5.75 Å². The Morgan fingerprint density at radius 1 is 1.25 bits per heavy atom. The molecule has 0 spiro atoms. The van der Waals surface area contributed by atoms with Gasteiger partial charge in [0.2, 0.25) is 0 Å². The van der Waals surface area contributed by atoms with Gasteiger partial charge < -0.3 is 4.74 Å². The van der Waals surface area contributed by atoms with E-state index in [0.717, 1.165) is 37.0 Å². The highest BCUT2D eigenvalue weighted by molar-refractivity contribution is 5.98. The molecule has 0 bridgehead atoms. The van der Waals surface area contributed by atoms with Gasteiger partial charge in [-0.1, -0.05) is 25.3 Å². The predicted molar refractivity (Wildman–Crippen MR) is 87.1 cm³/mol. The monoisotopic (exact) mass is 341 g/mol. The minimum atomic E-state index is -4.93. The number of halogens is 3. The van der Waals surface area contributed by atoms with E-state index in [0.29, 0.717) is 5.75 Å². The smallest absolute Gasteiger partial charge is 0.471 e. The summed E-state index contributed by atoms with van der Waals surface area (Å²) in [6.45, 7) is 3.69. The van der Waals surface area contributed by atoms with Gasteiger partial charge in [0.25, 0.3) is 0 Å². The van der Waals surface area contributed by atoms with E-state index in [4.69, 9.17) is 4.74 Å². The number of benzene rings is 1. The van der Waals surface area contributed by atoms with E-state index < -0.39 is 18.1 Å². The average Bonchev–Trinajstić information content (AvgIpc) is 2.59. The summed E-state index contributed by atoms with van der Waals surface area (Å²) < 4.78 is 44.5. The van der Waals surface area contributed by atoms with E-state index in [1.165, 1.54) is 25.3 Å². The molecular formula is C18H22F3NO2. The standard InChI is InChI=1S/C18H22F3NO2/c1-3-16(13-7-5-4-6-8-13)22(17(23)18(19,20)21)14-9-11-15(24-2)12-10-14/h3,9-13,16H,1,4-8H2,2H3/t16-/m0/s1. The maximum absolute atomic E-state index is 13.1. The van der Waals surface area contributed by atoms with Crippen LogP contribution in [0.25, 0.3) is 0 Å². The largest absolute Gasteiger partial charge is 0.497 e. The van der Waals surface area contributed by atoms with E-state index >= 15 is 0 Å². The minimum absolute atomic E-state index is 0.00958. The van der Waals surface area contributed by atoms with Gasteiger partial charge >= 0.3 is 12.1 Å². The number of carbonyl (C=O) groups excluding carboxylic acids is 1. The normalized spacial score (nSPS) is 17.2. The van der Waals surface area contributed by atoms with Crippen LogP contribution < -0.4 is 9.64 Å². The molecule has 0 aromatic heterocycles. The molecule has 2 rings (SSSR count). The number of alkyl halides is 3. The Morgan fingerprint density at radius 2 is 1.83 bits per heavy atom. The van der Waals surface area contributed by atoms with Gasteiger partial charge in [-0.3, -0.25) is 9.69 Å². The van der Waals surface area contributed by atoms with E-state index in [9.17, 15) is 18.0 Å². The lowest BCUT2D eigenvalue weighted by atomic mass is 9.83. The first-order chi connectivity index (χ1) is 11.4. The molecule has 1 aliphatic carbocycles. The zero-order valence-corrected chi connectivity index (χ0v) is 13.7. The lowest BCUT2D eigenvalue weighted by Crippen LogP contribution is -2.49. The number of carbonyl (C=O) groups is 1. The molecule has 1 aromatic rings. The third-order valence-corrected chi connectivity index (χ3v) is 4.48. The van der Waals surface area contributed by atoms with Crippen LogP contribution in [0.15, 0.2) is 36.9 Å². The van der Waals surface area contributed by atoms with E-state index in [1.54, 1.807) is 12.1 Å². The Morgan fingerprint density at radius 3 is 2.29 bits per heavy atom. The van der Waals surface area contributed by atoms with Crippen molar-refractivity contribution in [2.45, 2.75) is 44.3 Å². The Bertz CT molecular complexity index is 563. The van der Waals surface area contributed by atoms with Crippen LogP contribution in [0.1, 0.15) is 32.1 Å². The summed E-state index contributed by atoms with van der Waals surface area (Å²) in [4.78, 5) is 12.9. The van der Waals surface area contributed by atoms with Crippen molar-refractivity contribution in [1.82, 2.24) is 0 Å². The molecule has 6 heteroatoms. The van der Waals surface area contributed by atoms with Crippen molar-refractivity contribution in [2.75, 3.05) is 12.0 Å². The van der Waals surface area contributed by atoms with Gasteiger partial charge in [0.15, 0.2) is 0 Å². The maximum Gasteiger partial charge on any atom is 0.471 e. The summed E-state index contributed by atoms with van der Waals surface area (Å²) in [6.07, 6.45) is 1.14. The number of hydrogen-bond acceptors (Lipinski definition) is 2. The van der Waals surface area contributed by atoms with Gasteiger partial charge in [-0.15, -0.1) is 6.58 Å². The topological polar surface area (TPSA) is 29.5 Å². The minimum Gasteiger partial charge on any atom is -0.497 e. The van der Waals surface area contributed by atoms with Crippen molar-refractivity contribution in [3.8, 4) is 5.75 Å². The molecule has 1 amide bonds. The molecule has 3 nitrogen and oxygen atoms in total. The van der Waals surface area contributed by atoms with Crippen molar-refractivity contribution in [2.24, 2.45) is 5.92 Å². The highest BCUT2D eigenvalue weighted by Crippen LogP contribution is 2.35. The third-order valence-electron chi connectivity index (χ3n) is 4.48. The summed E-state index contributed by atoms with van der Waals surface area (Å²) in [5, 5.41) is 0. The summed E-state index contributed by atoms with van der Waals surface area (Å²) in [6, 6.07) is 5.37. The number of nitrogens with zero attached hydrogens (tertiary/aromatic N) is 1. The van der Waals surface area contributed by atoms with E-state index in [1.807, 2.05) is 0 Å².